The quantitative estimate of drug-likeness (QED) is 0.194. The molecule has 0 N–H and O–H groups in total. The number of hydrogen-bond acceptors (Lipinski definition) is 2. The first-order valence-electron chi connectivity index (χ1n) is 14.6. The highest BCUT2D eigenvalue weighted by Crippen LogP contribution is 2.53. The van der Waals surface area contributed by atoms with Crippen molar-refractivity contribution in [1.82, 2.24) is 4.98 Å². The maximum absolute atomic E-state index is 5.22. The summed E-state index contributed by atoms with van der Waals surface area (Å²) in [6.07, 6.45) is 0. The molecule has 0 fully saturated rings. The van der Waals surface area contributed by atoms with Gasteiger partial charge in [-0.15, -0.1) is 11.3 Å². The number of hydrogen-bond donors (Lipinski definition) is 0. The van der Waals surface area contributed by atoms with Crippen LogP contribution in [0.25, 0.3) is 75.4 Å². The van der Waals surface area contributed by atoms with E-state index >= 15 is 0 Å². The summed E-state index contributed by atoms with van der Waals surface area (Å²) in [4.78, 5) is 5.22. The van der Waals surface area contributed by atoms with Gasteiger partial charge >= 0.3 is 0 Å². The molecule has 7 aromatic carbocycles. The van der Waals surface area contributed by atoms with Crippen molar-refractivity contribution >= 4 is 53.9 Å². The van der Waals surface area contributed by atoms with Crippen LogP contribution in [0.4, 0.5) is 0 Å². The number of aromatic nitrogens is 1. The Morgan fingerprint density at radius 2 is 1.14 bits per heavy atom. The number of benzene rings is 7. The highest BCUT2D eigenvalue weighted by atomic mass is 32.1. The molecule has 0 unspecified atom stereocenters. The van der Waals surface area contributed by atoms with Crippen LogP contribution in [0.1, 0.15) is 25.0 Å². The van der Waals surface area contributed by atoms with Crippen LogP contribution in [0.15, 0.2) is 127 Å². The second kappa shape index (κ2) is 8.61. The number of nitrogens with zero attached hydrogens (tertiary/aromatic N) is 1. The monoisotopic (exact) mass is 553 g/mol. The molecule has 42 heavy (non-hydrogen) atoms. The molecule has 9 rings (SSSR count). The average molecular weight is 554 g/mol. The lowest BCUT2D eigenvalue weighted by atomic mass is 9.80. The molecular weight excluding hydrogens is 527 g/mol. The minimum atomic E-state index is -0.0855. The summed E-state index contributed by atoms with van der Waals surface area (Å²) in [6, 6.07) is 46.8. The van der Waals surface area contributed by atoms with E-state index in [1.165, 1.54) is 76.0 Å². The van der Waals surface area contributed by atoms with Gasteiger partial charge in [-0.3, -0.25) is 0 Å². The van der Waals surface area contributed by atoms with Gasteiger partial charge in [-0.05, 0) is 90.0 Å². The molecule has 0 spiro atoms. The summed E-state index contributed by atoms with van der Waals surface area (Å²) in [6.45, 7) is 4.74. The highest BCUT2D eigenvalue weighted by Gasteiger charge is 2.36. The van der Waals surface area contributed by atoms with Crippen molar-refractivity contribution in [2.24, 2.45) is 0 Å². The van der Waals surface area contributed by atoms with Gasteiger partial charge < -0.3 is 0 Å². The van der Waals surface area contributed by atoms with Gasteiger partial charge in [0.05, 0.1) is 10.2 Å². The van der Waals surface area contributed by atoms with E-state index < -0.39 is 0 Å². The Morgan fingerprint density at radius 3 is 2.00 bits per heavy atom. The lowest BCUT2D eigenvalue weighted by Gasteiger charge is -2.23. The zero-order valence-electron chi connectivity index (χ0n) is 23.5. The molecule has 0 saturated carbocycles. The molecule has 0 saturated heterocycles. The second-order valence-electron chi connectivity index (χ2n) is 11.9. The van der Waals surface area contributed by atoms with Crippen molar-refractivity contribution in [1.29, 1.82) is 0 Å². The van der Waals surface area contributed by atoms with Crippen LogP contribution in [-0.2, 0) is 5.41 Å². The molecule has 8 aromatic rings. The zero-order chi connectivity index (χ0) is 28.0. The summed E-state index contributed by atoms with van der Waals surface area (Å²) in [5.74, 6) is 0. The van der Waals surface area contributed by atoms with Crippen LogP contribution in [-0.4, -0.2) is 4.98 Å². The number of fused-ring (bicyclic) bond motifs is 7. The normalized spacial score (nSPS) is 13.7. The fourth-order valence-corrected chi connectivity index (χ4v) is 8.35. The van der Waals surface area contributed by atoms with Crippen molar-refractivity contribution in [3.05, 3.63) is 139 Å². The van der Waals surface area contributed by atoms with E-state index in [0.29, 0.717) is 0 Å². The van der Waals surface area contributed by atoms with Crippen LogP contribution >= 0.6 is 11.3 Å². The number of para-hydroxylation sites is 1. The molecule has 1 nitrogen and oxygen atoms in total. The Hall–Kier alpha value is -4.79. The fourth-order valence-electron chi connectivity index (χ4n) is 7.31. The Kier molecular flexibility index (Phi) is 4.89. The number of thiazole rings is 1. The smallest absolute Gasteiger partial charge is 0.125 e. The van der Waals surface area contributed by atoms with Crippen LogP contribution in [0.2, 0.25) is 0 Å². The summed E-state index contributed by atoms with van der Waals surface area (Å²) in [7, 11) is 0. The van der Waals surface area contributed by atoms with Gasteiger partial charge in [0, 0.05) is 11.0 Å². The minimum absolute atomic E-state index is 0.0855. The first-order chi connectivity index (χ1) is 20.6. The standard InChI is InChI=1S/C40H27NS/c1-40(2)33-19-8-7-15-26(33)30-22-31-32(23-34(30)40)37(27-18-11-13-24-12-3-4-14-25(24)27)28-16-5-6-17-29(28)38(31)39-41-35-20-9-10-21-36(35)42-39/h3-23H,1-2H3. The van der Waals surface area contributed by atoms with E-state index in [9.17, 15) is 0 Å². The lowest BCUT2D eigenvalue weighted by Crippen LogP contribution is -2.14. The van der Waals surface area contributed by atoms with Crippen molar-refractivity contribution < 1.29 is 0 Å². The summed E-state index contributed by atoms with van der Waals surface area (Å²) in [5.41, 5.74) is 10.2. The number of rotatable bonds is 2. The first-order valence-corrected chi connectivity index (χ1v) is 15.4. The van der Waals surface area contributed by atoms with Gasteiger partial charge in [-0.25, -0.2) is 4.98 Å². The van der Waals surface area contributed by atoms with E-state index in [-0.39, 0.29) is 5.41 Å². The van der Waals surface area contributed by atoms with Crippen LogP contribution < -0.4 is 0 Å². The lowest BCUT2D eigenvalue weighted by molar-refractivity contribution is 0.661. The summed E-state index contributed by atoms with van der Waals surface area (Å²) < 4.78 is 1.22. The van der Waals surface area contributed by atoms with Crippen molar-refractivity contribution in [2.45, 2.75) is 19.3 Å². The topological polar surface area (TPSA) is 12.9 Å². The van der Waals surface area contributed by atoms with Gasteiger partial charge in [0.15, 0.2) is 0 Å². The van der Waals surface area contributed by atoms with E-state index in [1.54, 1.807) is 11.3 Å². The maximum Gasteiger partial charge on any atom is 0.125 e. The SMILES string of the molecule is CC1(C)c2ccccc2-c2cc3c(-c4nc5ccccc5s4)c4ccccc4c(-c4cccc5ccccc45)c3cc21. The summed E-state index contributed by atoms with van der Waals surface area (Å²) >= 11 is 1.79. The van der Waals surface area contributed by atoms with Gasteiger partial charge in [0.1, 0.15) is 5.01 Å². The van der Waals surface area contributed by atoms with Crippen molar-refractivity contribution in [3.8, 4) is 32.8 Å². The fraction of sp³-hybridized carbons (Fsp3) is 0.0750. The van der Waals surface area contributed by atoms with E-state index in [2.05, 4.69) is 141 Å². The Morgan fingerprint density at radius 1 is 0.500 bits per heavy atom. The molecule has 1 aromatic heterocycles. The molecule has 0 radical (unpaired) electrons. The van der Waals surface area contributed by atoms with E-state index in [0.717, 1.165) is 10.5 Å². The van der Waals surface area contributed by atoms with Crippen molar-refractivity contribution in [2.75, 3.05) is 0 Å². The largest absolute Gasteiger partial charge is 0.236 e. The van der Waals surface area contributed by atoms with Gasteiger partial charge in [-0.2, -0.15) is 0 Å². The molecule has 0 aliphatic heterocycles. The van der Waals surface area contributed by atoms with Crippen LogP contribution in [0.5, 0.6) is 0 Å². The Bertz CT molecular complexity index is 2350. The molecule has 198 valence electrons. The summed E-state index contributed by atoms with van der Waals surface area (Å²) in [5, 5.41) is 8.69. The van der Waals surface area contributed by atoms with Gasteiger partial charge in [0.25, 0.3) is 0 Å². The molecule has 1 heterocycles. The third-order valence-electron chi connectivity index (χ3n) is 9.29. The molecular formula is C40H27NS. The molecule has 0 bridgehead atoms. The predicted octanol–water partition coefficient (Wildman–Crippen LogP) is 11.4. The van der Waals surface area contributed by atoms with Crippen LogP contribution in [0.3, 0.4) is 0 Å². The Labute approximate surface area is 248 Å². The van der Waals surface area contributed by atoms with E-state index in [1.807, 2.05) is 0 Å². The molecule has 2 heteroatoms. The first kappa shape index (κ1) is 23.9. The highest BCUT2D eigenvalue weighted by molar-refractivity contribution is 7.21. The minimum Gasteiger partial charge on any atom is -0.236 e. The Balaban J connectivity index is 1.51. The van der Waals surface area contributed by atoms with Gasteiger partial charge in [0.2, 0.25) is 0 Å². The van der Waals surface area contributed by atoms with Crippen molar-refractivity contribution in [3.63, 3.8) is 0 Å². The molecule has 1 aliphatic carbocycles. The average Bonchev–Trinajstić information content (AvgIpc) is 3.55. The second-order valence-corrected chi connectivity index (χ2v) is 13.0. The third kappa shape index (κ3) is 3.22. The van der Waals surface area contributed by atoms with Gasteiger partial charge in [-0.1, -0.05) is 117 Å². The molecule has 0 amide bonds. The van der Waals surface area contributed by atoms with Crippen LogP contribution in [0, 0.1) is 0 Å². The predicted molar refractivity (Wildman–Crippen MR) is 181 cm³/mol. The van der Waals surface area contributed by atoms with E-state index in [4.69, 9.17) is 4.98 Å². The third-order valence-corrected chi connectivity index (χ3v) is 10.3. The molecule has 0 atom stereocenters. The molecule has 1 aliphatic rings. The zero-order valence-corrected chi connectivity index (χ0v) is 24.3. The maximum atomic E-state index is 5.22.